The molecular formula is C11H18N4O5. The van der Waals surface area contributed by atoms with Crippen molar-refractivity contribution in [2.75, 3.05) is 19.8 Å². The topological polar surface area (TPSA) is 130 Å². The molecule has 0 aliphatic heterocycles. The molecule has 0 heterocycles. The maximum Gasteiger partial charge on any atom is 0.328 e. The highest BCUT2D eigenvalue weighted by atomic mass is 16.5. The molecule has 0 bridgehead atoms. The van der Waals surface area contributed by atoms with Crippen LogP contribution < -0.4 is 5.32 Å². The van der Waals surface area contributed by atoms with E-state index in [0.29, 0.717) is 0 Å². The quantitative estimate of drug-likeness (QED) is 0.288. The molecule has 0 rings (SSSR count). The van der Waals surface area contributed by atoms with Crippen molar-refractivity contribution in [3.05, 3.63) is 10.4 Å². The fraction of sp³-hybridized carbons (Fsp3) is 0.727. The van der Waals surface area contributed by atoms with E-state index in [9.17, 15) is 14.4 Å². The summed E-state index contributed by atoms with van der Waals surface area (Å²) in [7, 11) is 0. The van der Waals surface area contributed by atoms with E-state index in [2.05, 4.69) is 15.3 Å². The molecular weight excluding hydrogens is 268 g/mol. The largest absolute Gasteiger partial charge is 0.466 e. The van der Waals surface area contributed by atoms with Gasteiger partial charge in [-0.25, -0.2) is 4.79 Å². The van der Waals surface area contributed by atoms with Crippen molar-refractivity contribution in [1.29, 1.82) is 0 Å². The van der Waals surface area contributed by atoms with Gasteiger partial charge < -0.3 is 14.8 Å². The van der Waals surface area contributed by atoms with Crippen molar-refractivity contribution < 1.29 is 23.9 Å². The maximum absolute atomic E-state index is 11.6. The van der Waals surface area contributed by atoms with Crippen LogP contribution in [-0.4, -0.2) is 43.6 Å². The molecule has 0 radical (unpaired) electrons. The number of nitrogens with zero attached hydrogens (tertiary/aromatic N) is 3. The molecule has 0 aliphatic carbocycles. The third kappa shape index (κ3) is 7.93. The smallest absolute Gasteiger partial charge is 0.328 e. The predicted octanol–water partition coefficient (Wildman–Crippen LogP) is 0.688. The van der Waals surface area contributed by atoms with Gasteiger partial charge >= 0.3 is 11.9 Å². The van der Waals surface area contributed by atoms with Gasteiger partial charge in [0.15, 0.2) is 0 Å². The van der Waals surface area contributed by atoms with Crippen LogP contribution in [0.25, 0.3) is 10.4 Å². The van der Waals surface area contributed by atoms with E-state index in [1.54, 1.807) is 13.8 Å². The summed E-state index contributed by atoms with van der Waals surface area (Å²) in [6, 6.07) is -0.972. The summed E-state index contributed by atoms with van der Waals surface area (Å²) in [5, 5.41) is 5.43. The molecule has 0 saturated heterocycles. The molecule has 0 saturated carbocycles. The van der Waals surface area contributed by atoms with Crippen LogP contribution in [0.15, 0.2) is 5.11 Å². The van der Waals surface area contributed by atoms with Crippen LogP contribution in [0, 0.1) is 0 Å². The molecule has 1 N–H and O–H groups in total. The molecule has 0 aromatic heterocycles. The molecule has 9 nitrogen and oxygen atoms in total. The zero-order chi connectivity index (χ0) is 15.4. The summed E-state index contributed by atoms with van der Waals surface area (Å²) in [4.78, 5) is 36.7. The Kier molecular flexibility index (Phi) is 9.41. The van der Waals surface area contributed by atoms with Gasteiger partial charge in [-0.05, 0) is 25.8 Å². The van der Waals surface area contributed by atoms with Crippen LogP contribution in [-0.2, 0) is 23.9 Å². The number of hydrogen-bond donors (Lipinski definition) is 1. The van der Waals surface area contributed by atoms with Crippen molar-refractivity contribution in [3.63, 3.8) is 0 Å². The summed E-state index contributed by atoms with van der Waals surface area (Å²) in [5.74, 6) is -1.73. The minimum Gasteiger partial charge on any atom is -0.466 e. The first-order chi connectivity index (χ1) is 9.54. The van der Waals surface area contributed by atoms with Crippen LogP contribution in [0.2, 0.25) is 0 Å². The third-order valence-corrected chi connectivity index (χ3v) is 2.13. The molecule has 0 spiro atoms. The number of esters is 2. The average Bonchev–Trinajstić information content (AvgIpc) is 2.41. The average molecular weight is 286 g/mol. The van der Waals surface area contributed by atoms with E-state index >= 15 is 0 Å². The van der Waals surface area contributed by atoms with Gasteiger partial charge in [0, 0.05) is 11.3 Å². The second-order valence-corrected chi connectivity index (χ2v) is 3.60. The van der Waals surface area contributed by atoms with E-state index < -0.39 is 30.4 Å². The Balaban J connectivity index is 4.48. The van der Waals surface area contributed by atoms with Gasteiger partial charge in [-0.15, -0.1) is 0 Å². The molecule has 0 aromatic rings. The number of amides is 1. The molecule has 0 aliphatic rings. The van der Waals surface area contributed by atoms with Crippen molar-refractivity contribution in [2.45, 2.75) is 32.7 Å². The van der Waals surface area contributed by atoms with E-state index in [-0.39, 0.29) is 26.1 Å². The fourth-order valence-corrected chi connectivity index (χ4v) is 1.32. The first kappa shape index (κ1) is 17.7. The SMILES string of the molecule is CCOC(=O)CC[C@H](NC(=O)CN=[N+]=[N-])C(=O)OCC. The highest BCUT2D eigenvalue weighted by Crippen LogP contribution is 2.02. The number of rotatable bonds is 9. The zero-order valence-corrected chi connectivity index (χ0v) is 11.5. The maximum atomic E-state index is 11.6. The number of ether oxygens (including phenoxy) is 2. The number of azide groups is 1. The first-order valence-corrected chi connectivity index (χ1v) is 6.17. The van der Waals surface area contributed by atoms with Gasteiger partial charge in [0.05, 0.1) is 13.2 Å². The van der Waals surface area contributed by atoms with Crippen molar-refractivity contribution >= 4 is 17.8 Å². The number of nitrogens with one attached hydrogen (secondary N) is 1. The minimum absolute atomic E-state index is 0.0287. The van der Waals surface area contributed by atoms with Crippen molar-refractivity contribution in [3.8, 4) is 0 Å². The lowest BCUT2D eigenvalue weighted by Gasteiger charge is -2.16. The van der Waals surface area contributed by atoms with Crippen LogP contribution in [0.5, 0.6) is 0 Å². The standard InChI is InChI=1S/C11H18N4O5/c1-3-19-10(17)6-5-8(11(18)20-4-2)14-9(16)7-13-15-12/h8H,3-7H2,1-2H3,(H,14,16)/t8-/m0/s1. The lowest BCUT2D eigenvalue weighted by atomic mass is 10.1. The summed E-state index contributed by atoms with van der Waals surface area (Å²) in [6.45, 7) is 3.27. The summed E-state index contributed by atoms with van der Waals surface area (Å²) >= 11 is 0. The summed E-state index contributed by atoms with van der Waals surface area (Å²) in [5.41, 5.74) is 8.10. The summed E-state index contributed by atoms with van der Waals surface area (Å²) < 4.78 is 9.52. The van der Waals surface area contributed by atoms with Crippen LogP contribution in [0.4, 0.5) is 0 Å². The van der Waals surface area contributed by atoms with Gasteiger partial charge in [-0.1, -0.05) is 5.11 Å². The van der Waals surface area contributed by atoms with Gasteiger partial charge in [-0.3, -0.25) is 9.59 Å². The molecule has 1 atom stereocenters. The van der Waals surface area contributed by atoms with Crippen LogP contribution in [0.1, 0.15) is 26.7 Å². The number of carbonyl (C=O) groups is 3. The monoisotopic (exact) mass is 286 g/mol. The van der Waals surface area contributed by atoms with Crippen molar-refractivity contribution in [2.24, 2.45) is 5.11 Å². The Hall–Kier alpha value is -2.28. The molecule has 0 aromatic carbocycles. The first-order valence-electron chi connectivity index (χ1n) is 6.17. The molecule has 0 fully saturated rings. The summed E-state index contributed by atoms with van der Waals surface area (Å²) in [6.07, 6.45) is 0.0266. The normalized spacial score (nSPS) is 10.9. The Labute approximate surface area is 116 Å². The Morgan fingerprint density at radius 1 is 1.25 bits per heavy atom. The van der Waals surface area contributed by atoms with E-state index in [1.165, 1.54) is 0 Å². The van der Waals surface area contributed by atoms with Gasteiger partial charge in [-0.2, -0.15) is 0 Å². The fourth-order valence-electron chi connectivity index (χ4n) is 1.32. The van der Waals surface area contributed by atoms with E-state index in [0.717, 1.165) is 0 Å². The second kappa shape index (κ2) is 10.6. The number of carbonyl (C=O) groups excluding carboxylic acids is 3. The lowest BCUT2D eigenvalue weighted by molar-refractivity contribution is -0.148. The molecule has 20 heavy (non-hydrogen) atoms. The number of hydrogen-bond acceptors (Lipinski definition) is 6. The molecule has 1 amide bonds. The second-order valence-electron chi connectivity index (χ2n) is 3.60. The molecule has 9 heteroatoms. The molecule has 112 valence electrons. The Bertz CT molecular complexity index is 392. The van der Waals surface area contributed by atoms with Gasteiger partial charge in [0.25, 0.3) is 0 Å². The van der Waals surface area contributed by atoms with Crippen molar-refractivity contribution in [1.82, 2.24) is 5.32 Å². The van der Waals surface area contributed by atoms with Crippen LogP contribution in [0.3, 0.4) is 0 Å². The zero-order valence-electron chi connectivity index (χ0n) is 11.5. The lowest BCUT2D eigenvalue weighted by Crippen LogP contribution is -2.43. The van der Waals surface area contributed by atoms with Gasteiger partial charge in [0.2, 0.25) is 5.91 Å². The predicted molar refractivity (Wildman–Crippen MR) is 68.4 cm³/mol. The third-order valence-electron chi connectivity index (χ3n) is 2.13. The highest BCUT2D eigenvalue weighted by Gasteiger charge is 2.22. The minimum atomic E-state index is -0.972. The molecule has 0 unspecified atom stereocenters. The van der Waals surface area contributed by atoms with E-state index in [4.69, 9.17) is 15.0 Å². The van der Waals surface area contributed by atoms with Crippen LogP contribution >= 0.6 is 0 Å². The Morgan fingerprint density at radius 3 is 2.45 bits per heavy atom. The van der Waals surface area contributed by atoms with Gasteiger partial charge in [0.1, 0.15) is 12.6 Å². The van der Waals surface area contributed by atoms with E-state index in [1.807, 2.05) is 0 Å². The Morgan fingerprint density at radius 2 is 1.90 bits per heavy atom. The highest BCUT2D eigenvalue weighted by molar-refractivity contribution is 5.86.